The van der Waals surface area contributed by atoms with Crippen molar-refractivity contribution in [2.75, 3.05) is 12.0 Å². The summed E-state index contributed by atoms with van der Waals surface area (Å²) in [6.45, 7) is 0.488. The average molecular weight is 281 g/mol. The van der Waals surface area contributed by atoms with E-state index in [9.17, 15) is 0 Å². The minimum atomic E-state index is 0.335. The van der Waals surface area contributed by atoms with Gasteiger partial charge < -0.3 is 4.74 Å². The zero-order valence-electron chi connectivity index (χ0n) is 11.4. The minimum absolute atomic E-state index is 0.335. The topological polar surface area (TPSA) is 86.0 Å². The molecule has 21 heavy (non-hydrogen) atoms. The minimum Gasteiger partial charge on any atom is -0.477 e. The highest BCUT2D eigenvalue weighted by atomic mass is 16.5. The predicted octanol–water partition coefficient (Wildman–Crippen LogP) is 1.93. The van der Waals surface area contributed by atoms with Gasteiger partial charge in [-0.3, -0.25) is 10.4 Å². The highest BCUT2D eigenvalue weighted by Crippen LogP contribution is 2.23. The van der Waals surface area contributed by atoms with Crippen molar-refractivity contribution in [3.8, 4) is 5.88 Å². The Bertz CT molecular complexity index is 732. The number of anilines is 1. The highest BCUT2D eigenvalue weighted by molar-refractivity contribution is 5.84. The van der Waals surface area contributed by atoms with Crippen molar-refractivity contribution in [3.05, 3.63) is 54.4 Å². The fraction of sp³-hybridized carbons (Fsp3) is 0.133. The number of nitrogens with one attached hydrogen (secondary N) is 1. The van der Waals surface area contributed by atoms with Gasteiger partial charge in [-0.05, 0) is 24.3 Å². The fourth-order valence-electron chi connectivity index (χ4n) is 2.02. The Morgan fingerprint density at radius 3 is 2.71 bits per heavy atom. The number of benzene rings is 1. The zero-order chi connectivity index (χ0) is 14.5. The molecule has 0 aliphatic heterocycles. The molecule has 1 aromatic carbocycles. The fourth-order valence-corrected chi connectivity index (χ4v) is 2.02. The second kappa shape index (κ2) is 6.15. The monoisotopic (exact) mass is 281 g/mol. The van der Waals surface area contributed by atoms with Crippen molar-refractivity contribution < 1.29 is 4.74 Å². The molecule has 106 valence electrons. The van der Waals surface area contributed by atoms with E-state index in [1.807, 2.05) is 42.5 Å². The smallest absolute Gasteiger partial charge is 0.241 e. The Hall–Kier alpha value is -2.73. The molecule has 3 aromatic rings. The Morgan fingerprint density at radius 1 is 1.05 bits per heavy atom. The quantitative estimate of drug-likeness (QED) is 0.549. The van der Waals surface area contributed by atoms with Crippen LogP contribution in [0.15, 0.2) is 48.7 Å². The lowest BCUT2D eigenvalue weighted by molar-refractivity contribution is 0.312. The molecular formula is C15H15N5O. The maximum Gasteiger partial charge on any atom is 0.241 e. The van der Waals surface area contributed by atoms with E-state index >= 15 is 0 Å². The molecule has 2 aromatic heterocycles. The molecule has 0 fully saturated rings. The summed E-state index contributed by atoms with van der Waals surface area (Å²) in [6.07, 6.45) is 2.48. The molecule has 0 atom stereocenters. The number of ether oxygens (including phenoxy) is 1. The summed E-state index contributed by atoms with van der Waals surface area (Å²) in [6, 6.07) is 13.5. The lowest BCUT2D eigenvalue weighted by Gasteiger charge is -2.09. The van der Waals surface area contributed by atoms with Gasteiger partial charge in [0.2, 0.25) is 11.8 Å². The molecule has 0 saturated carbocycles. The first-order chi connectivity index (χ1) is 10.4. The van der Waals surface area contributed by atoms with Crippen LogP contribution in [0.1, 0.15) is 5.69 Å². The van der Waals surface area contributed by atoms with Gasteiger partial charge in [-0.2, -0.15) is 4.98 Å². The third-order valence-corrected chi connectivity index (χ3v) is 3.02. The van der Waals surface area contributed by atoms with Crippen LogP contribution < -0.4 is 16.0 Å². The second-order valence-electron chi connectivity index (χ2n) is 4.43. The van der Waals surface area contributed by atoms with Crippen molar-refractivity contribution in [2.45, 2.75) is 6.42 Å². The molecule has 0 aliphatic carbocycles. The summed E-state index contributed by atoms with van der Waals surface area (Å²) in [4.78, 5) is 12.8. The van der Waals surface area contributed by atoms with Crippen molar-refractivity contribution >= 4 is 16.9 Å². The van der Waals surface area contributed by atoms with E-state index in [1.165, 1.54) is 0 Å². The summed E-state index contributed by atoms with van der Waals surface area (Å²) in [5, 5.41) is 0.859. The standard InChI is InChI=1S/C15H15N5O/c16-20-15-18-13-7-2-1-6-12(13)14(19-15)21-10-8-11-5-3-4-9-17-11/h1-7,9H,8,10,16H2,(H,18,19,20). The molecule has 0 radical (unpaired) electrons. The number of pyridine rings is 1. The number of fused-ring (bicyclic) bond motifs is 1. The van der Waals surface area contributed by atoms with E-state index in [4.69, 9.17) is 10.6 Å². The molecule has 0 aliphatic rings. The van der Waals surface area contributed by atoms with Gasteiger partial charge in [-0.25, -0.2) is 10.8 Å². The summed E-state index contributed by atoms with van der Waals surface area (Å²) >= 11 is 0. The van der Waals surface area contributed by atoms with E-state index < -0.39 is 0 Å². The number of hydrogen-bond donors (Lipinski definition) is 2. The molecule has 6 heteroatoms. The molecule has 3 rings (SSSR count). The van der Waals surface area contributed by atoms with Gasteiger partial charge in [-0.1, -0.05) is 18.2 Å². The van der Waals surface area contributed by atoms with E-state index in [1.54, 1.807) is 6.20 Å². The maximum absolute atomic E-state index is 5.78. The van der Waals surface area contributed by atoms with Crippen LogP contribution in [0.3, 0.4) is 0 Å². The molecule has 0 bridgehead atoms. The number of hydrazine groups is 1. The SMILES string of the molecule is NNc1nc(OCCc2ccccn2)c2ccccc2n1. The van der Waals surface area contributed by atoms with E-state index in [2.05, 4.69) is 20.4 Å². The number of aromatic nitrogens is 3. The van der Waals surface area contributed by atoms with Gasteiger partial charge in [0, 0.05) is 18.3 Å². The molecule has 0 amide bonds. The molecule has 3 N–H and O–H groups in total. The summed E-state index contributed by atoms with van der Waals surface area (Å²) in [7, 11) is 0. The number of hydrogen-bond acceptors (Lipinski definition) is 6. The van der Waals surface area contributed by atoms with E-state index in [0.29, 0.717) is 24.9 Å². The lowest BCUT2D eigenvalue weighted by Crippen LogP contribution is -2.12. The molecule has 6 nitrogen and oxygen atoms in total. The van der Waals surface area contributed by atoms with Crippen LogP contribution in [-0.4, -0.2) is 21.6 Å². The number of para-hydroxylation sites is 1. The van der Waals surface area contributed by atoms with Crippen molar-refractivity contribution in [2.24, 2.45) is 5.84 Å². The number of rotatable bonds is 5. The number of nitrogen functional groups attached to an aromatic ring is 1. The Labute approximate surface area is 122 Å². The van der Waals surface area contributed by atoms with Gasteiger partial charge >= 0.3 is 0 Å². The maximum atomic E-state index is 5.78. The molecule has 2 heterocycles. The molecule has 0 unspecified atom stereocenters. The average Bonchev–Trinajstić information content (AvgIpc) is 2.55. The highest BCUT2D eigenvalue weighted by Gasteiger charge is 2.08. The predicted molar refractivity (Wildman–Crippen MR) is 80.8 cm³/mol. The van der Waals surface area contributed by atoms with Crippen molar-refractivity contribution in [1.29, 1.82) is 0 Å². The Balaban J connectivity index is 1.79. The summed E-state index contributed by atoms with van der Waals surface area (Å²) in [5.41, 5.74) is 4.22. The second-order valence-corrected chi connectivity index (χ2v) is 4.43. The summed E-state index contributed by atoms with van der Waals surface area (Å²) < 4.78 is 5.78. The van der Waals surface area contributed by atoms with Crippen LogP contribution in [0.5, 0.6) is 5.88 Å². The zero-order valence-corrected chi connectivity index (χ0v) is 11.4. The number of nitrogens with zero attached hydrogens (tertiary/aromatic N) is 3. The van der Waals surface area contributed by atoms with Crippen LogP contribution in [0.2, 0.25) is 0 Å². The molecule has 0 spiro atoms. The van der Waals surface area contributed by atoms with Crippen LogP contribution in [0, 0.1) is 0 Å². The van der Waals surface area contributed by atoms with Gasteiger partial charge in [0.1, 0.15) is 0 Å². The van der Waals surface area contributed by atoms with Crippen LogP contribution >= 0.6 is 0 Å². The number of nitrogens with two attached hydrogens (primary N) is 1. The summed E-state index contributed by atoms with van der Waals surface area (Å²) in [5.74, 6) is 6.24. The molecule has 0 saturated heterocycles. The van der Waals surface area contributed by atoms with E-state index in [0.717, 1.165) is 16.6 Å². The Morgan fingerprint density at radius 2 is 1.90 bits per heavy atom. The normalized spacial score (nSPS) is 10.5. The van der Waals surface area contributed by atoms with Crippen molar-refractivity contribution in [3.63, 3.8) is 0 Å². The van der Waals surface area contributed by atoms with Gasteiger partial charge in [-0.15, -0.1) is 0 Å². The van der Waals surface area contributed by atoms with Gasteiger partial charge in [0.25, 0.3) is 0 Å². The van der Waals surface area contributed by atoms with E-state index in [-0.39, 0.29) is 0 Å². The van der Waals surface area contributed by atoms with Crippen LogP contribution in [-0.2, 0) is 6.42 Å². The third-order valence-electron chi connectivity index (χ3n) is 3.02. The molecular weight excluding hydrogens is 266 g/mol. The van der Waals surface area contributed by atoms with Gasteiger partial charge in [0.15, 0.2) is 0 Å². The Kier molecular flexibility index (Phi) is 3.88. The largest absolute Gasteiger partial charge is 0.477 e. The van der Waals surface area contributed by atoms with Crippen molar-refractivity contribution in [1.82, 2.24) is 15.0 Å². The van der Waals surface area contributed by atoms with Crippen LogP contribution in [0.4, 0.5) is 5.95 Å². The van der Waals surface area contributed by atoms with Crippen LogP contribution in [0.25, 0.3) is 10.9 Å². The first kappa shape index (κ1) is 13.3. The first-order valence-electron chi connectivity index (χ1n) is 6.63. The first-order valence-corrected chi connectivity index (χ1v) is 6.63. The lowest BCUT2D eigenvalue weighted by atomic mass is 10.2. The van der Waals surface area contributed by atoms with Gasteiger partial charge in [0.05, 0.1) is 17.5 Å². The third kappa shape index (κ3) is 3.06.